The summed E-state index contributed by atoms with van der Waals surface area (Å²) in [5, 5.41) is 9.12. The smallest absolute Gasteiger partial charge is 0.225 e. The van der Waals surface area contributed by atoms with Gasteiger partial charge in [0.2, 0.25) is 5.95 Å². The third-order valence-corrected chi connectivity index (χ3v) is 2.61. The summed E-state index contributed by atoms with van der Waals surface area (Å²) < 4.78 is 5.53. The van der Waals surface area contributed by atoms with E-state index in [1.807, 2.05) is 11.8 Å². The maximum atomic E-state index is 10.5. The summed E-state index contributed by atoms with van der Waals surface area (Å²) in [5.41, 5.74) is 0.453. The number of aliphatic hydroxyl groups is 1. The van der Waals surface area contributed by atoms with E-state index in [1.165, 1.54) is 12.4 Å². The highest BCUT2D eigenvalue weighted by Gasteiger charge is 2.26. The zero-order valence-corrected chi connectivity index (χ0v) is 9.61. The zero-order chi connectivity index (χ0) is 12.3. The van der Waals surface area contributed by atoms with E-state index in [-0.39, 0.29) is 18.8 Å². The summed E-state index contributed by atoms with van der Waals surface area (Å²) in [6.07, 6.45) is 3.50. The van der Waals surface area contributed by atoms with Gasteiger partial charge >= 0.3 is 0 Å². The molecule has 0 aromatic carbocycles. The number of anilines is 1. The van der Waals surface area contributed by atoms with Crippen LogP contribution >= 0.6 is 0 Å². The first-order valence-corrected chi connectivity index (χ1v) is 5.51. The Kier molecular flexibility index (Phi) is 3.65. The number of morpholine rings is 1. The summed E-state index contributed by atoms with van der Waals surface area (Å²) in [6, 6.07) is 0. The molecule has 6 nitrogen and oxygen atoms in total. The lowest BCUT2D eigenvalue weighted by molar-refractivity contribution is -0.0425. The molecule has 1 aliphatic rings. The first-order chi connectivity index (χ1) is 8.22. The lowest BCUT2D eigenvalue weighted by Crippen LogP contribution is -2.48. The molecule has 2 unspecified atom stereocenters. The molecule has 1 saturated heterocycles. The van der Waals surface area contributed by atoms with Crippen molar-refractivity contribution in [3.05, 3.63) is 18.0 Å². The Balaban J connectivity index is 2.11. The highest BCUT2D eigenvalue weighted by Crippen LogP contribution is 2.15. The van der Waals surface area contributed by atoms with Crippen molar-refractivity contribution in [1.82, 2.24) is 9.97 Å². The van der Waals surface area contributed by atoms with Crippen molar-refractivity contribution in [2.24, 2.45) is 0 Å². The van der Waals surface area contributed by atoms with E-state index < -0.39 is 0 Å². The predicted molar refractivity (Wildman–Crippen MR) is 61.1 cm³/mol. The van der Waals surface area contributed by atoms with Crippen molar-refractivity contribution in [3.8, 4) is 0 Å². The van der Waals surface area contributed by atoms with E-state index in [0.717, 1.165) is 0 Å². The molecule has 0 spiro atoms. The molecule has 1 aliphatic heterocycles. The molecule has 0 bridgehead atoms. The number of aromatic nitrogens is 2. The summed E-state index contributed by atoms with van der Waals surface area (Å²) in [5.74, 6) is 0.559. The van der Waals surface area contributed by atoms with Gasteiger partial charge in [-0.3, -0.25) is 4.79 Å². The highest BCUT2D eigenvalue weighted by molar-refractivity contribution is 5.73. The van der Waals surface area contributed by atoms with Gasteiger partial charge in [-0.1, -0.05) is 0 Å². The van der Waals surface area contributed by atoms with Gasteiger partial charge in [0.05, 0.1) is 24.4 Å². The Hall–Kier alpha value is -1.53. The molecular weight excluding hydrogens is 222 g/mol. The van der Waals surface area contributed by atoms with Crippen molar-refractivity contribution in [2.45, 2.75) is 19.1 Å². The molecule has 92 valence electrons. The lowest BCUT2D eigenvalue weighted by Gasteiger charge is -2.35. The molecule has 2 atom stereocenters. The minimum absolute atomic E-state index is 0.0206. The van der Waals surface area contributed by atoms with Crippen molar-refractivity contribution < 1.29 is 14.6 Å². The van der Waals surface area contributed by atoms with Crippen LogP contribution in [0.4, 0.5) is 5.95 Å². The van der Waals surface area contributed by atoms with Gasteiger partial charge in [-0.2, -0.15) is 0 Å². The standard InChI is InChI=1S/C11H15N3O3/c1-8-4-14(5-10(7-16)17-8)11-12-2-9(6-15)3-13-11/h2-3,6,8,10,16H,4-5,7H2,1H3. The van der Waals surface area contributed by atoms with E-state index in [2.05, 4.69) is 9.97 Å². The molecule has 0 radical (unpaired) electrons. The van der Waals surface area contributed by atoms with Crippen LogP contribution in [0.1, 0.15) is 17.3 Å². The van der Waals surface area contributed by atoms with Gasteiger partial charge in [-0.15, -0.1) is 0 Å². The molecule has 6 heteroatoms. The number of hydrogen-bond acceptors (Lipinski definition) is 6. The topological polar surface area (TPSA) is 75.6 Å². The molecular formula is C11H15N3O3. The van der Waals surface area contributed by atoms with Gasteiger partial charge in [0.25, 0.3) is 0 Å². The fourth-order valence-corrected chi connectivity index (χ4v) is 1.86. The van der Waals surface area contributed by atoms with E-state index in [4.69, 9.17) is 9.84 Å². The van der Waals surface area contributed by atoms with Crippen molar-refractivity contribution >= 4 is 12.2 Å². The number of nitrogens with zero attached hydrogens (tertiary/aromatic N) is 3. The summed E-state index contributed by atoms with van der Waals surface area (Å²) >= 11 is 0. The van der Waals surface area contributed by atoms with Crippen LogP contribution in [0, 0.1) is 0 Å². The maximum Gasteiger partial charge on any atom is 0.225 e. The van der Waals surface area contributed by atoms with Crippen LogP contribution in [0.2, 0.25) is 0 Å². The molecule has 2 rings (SSSR count). The van der Waals surface area contributed by atoms with E-state index in [9.17, 15) is 4.79 Å². The Bertz CT molecular complexity index is 382. The molecule has 1 aromatic heterocycles. The quantitative estimate of drug-likeness (QED) is 0.738. The monoisotopic (exact) mass is 237 g/mol. The zero-order valence-electron chi connectivity index (χ0n) is 9.61. The normalized spacial score (nSPS) is 24.7. The second kappa shape index (κ2) is 5.20. The minimum Gasteiger partial charge on any atom is -0.394 e. The van der Waals surface area contributed by atoms with Crippen LogP contribution in [0.3, 0.4) is 0 Å². The van der Waals surface area contributed by atoms with E-state index >= 15 is 0 Å². The van der Waals surface area contributed by atoms with Crippen LogP contribution < -0.4 is 4.90 Å². The summed E-state index contributed by atoms with van der Waals surface area (Å²) in [4.78, 5) is 20.7. The van der Waals surface area contributed by atoms with Gasteiger partial charge in [-0.25, -0.2) is 9.97 Å². The van der Waals surface area contributed by atoms with Crippen LogP contribution in [-0.2, 0) is 4.74 Å². The first kappa shape index (κ1) is 11.9. The molecule has 17 heavy (non-hydrogen) atoms. The summed E-state index contributed by atoms with van der Waals surface area (Å²) in [6.45, 7) is 3.15. The third kappa shape index (κ3) is 2.78. The van der Waals surface area contributed by atoms with E-state index in [0.29, 0.717) is 30.9 Å². The van der Waals surface area contributed by atoms with Gasteiger partial charge in [0, 0.05) is 25.5 Å². The number of ether oxygens (including phenoxy) is 1. The van der Waals surface area contributed by atoms with Crippen molar-refractivity contribution in [3.63, 3.8) is 0 Å². The second-order valence-electron chi connectivity index (χ2n) is 4.09. The molecule has 1 N–H and O–H groups in total. The third-order valence-electron chi connectivity index (χ3n) is 2.61. The van der Waals surface area contributed by atoms with Crippen LogP contribution in [0.15, 0.2) is 12.4 Å². The number of carbonyl (C=O) groups is 1. The second-order valence-corrected chi connectivity index (χ2v) is 4.09. The molecule has 0 saturated carbocycles. The molecule has 0 amide bonds. The van der Waals surface area contributed by atoms with Crippen LogP contribution in [0.25, 0.3) is 0 Å². The Morgan fingerprint density at radius 3 is 2.82 bits per heavy atom. The van der Waals surface area contributed by atoms with Gasteiger partial charge < -0.3 is 14.7 Å². The summed E-state index contributed by atoms with van der Waals surface area (Å²) in [7, 11) is 0. The highest BCUT2D eigenvalue weighted by atomic mass is 16.5. The van der Waals surface area contributed by atoms with Gasteiger partial charge in [-0.05, 0) is 6.92 Å². The van der Waals surface area contributed by atoms with Crippen LogP contribution in [-0.4, -0.2) is 53.3 Å². The number of rotatable bonds is 3. The van der Waals surface area contributed by atoms with E-state index in [1.54, 1.807) is 0 Å². The average molecular weight is 237 g/mol. The minimum atomic E-state index is -0.215. The molecule has 2 heterocycles. The fraction of sp³-hybridized carbons (Fsp3) is 0.545. The largest absolute Gasteiger partial charge is 0.394 e. The molecule has 1 aromatic rings. The Morgan fingerprint density at radius 2 is 2.24 bits per heavy atom. The Labute approximate surface area is 99.2 Å². The van der Waals surface area contributed by atoms with Gasteiger partial charge in [0.1, 0.15) is 0 Å². The number of aldehydes is 1. The van der Waals surface area contributed by atoms with Crippen molar-refractivity contribution in [1.29, 1.82) is 0 Å². The Morgan fingerprint density at radius 1 is 1.53 bits per heavy atom. The molecule has 1 fully saturated rings. The first-order valence-electron chi connectivity index (χ1n) is 5.51. The number of aliphatic hydroxyl groups excluding tert-OH is 1. The lowest BCUT2D eigenvalue weighted by atomic mass is 10.2. The van der Waals surface area contributed by atoms with Crippen molar-refractivity contribution in [2.75, 3.05) is 24.6 Å². The average Bonchev–Trinajstić information content (AvgIpc) is 2.38. The predicted octanol–water partition coefficient (Wildman–Crippen LogP) is -0.125. The SMILES string of the molecule is CC1CN(c2ncc(C=O)cn2)CC(CO)O1. The number of hydrogen-bond donors (Lipinski definition) is 1. The fourth-order valence-electron chi connectivity index (χ4n) is 1.86. The van der Waals surface area contributed by atoms with Crippen LogP contribution in [0.5, 0.6) is 0 Å². The maximum absolute atomic E-state index is 10.5. The number of carbonyl (C=O) groups excluding carboxylic acids is 1. The molecule has 0 aliphatic carbocycles. The van der Waals surface area contributed by atoms with Gasteiger partial charge in [0.15, 0.2) is 6.29 Å².